The number of nitro groups is 1. The fourth-order valence-corrected chi connectivity index (χ4v) is 1.84. The second-order valence-corrected chi connectivity index (χ2v) is 4.08. The molecule has 8 heteroatoms. The van der Waals surface area contributed by atoms with Crippen LogP contribution in [0.1, 0.15) is 17.4 Å². The number of oxazole rings is 1. The summed E-state index contributed by atoms with van der Waals surface area (Å²) in [6.45, 7) is 1.86. The fraction of sp³-hybridized carbons (Fsp3) is 0.167. The molecule has 1 heterocycles. The van der Waals surface area contributed by atoms with Crippen molar-refractivity contribution in [2.75, 3.05) is 6.61 Å². The topological polar surface area (TPSA) is 95.5 Å². The molecule has 0 saturated carbocycles. The van der Waals surface area contributed by atoms with Crippen LogP contribution in [0.4, 0.5) is 5.69 Å². The van der Waals surface area contributed by atoms with Crippen molar-refractivity contribution in [3.63, 3.8) is 0 Å². The van der Waals surface area contributed by atoms with E-state index in [0.29, 0.717) is 5.56 Å². The van der Waals surface area contributed by atoms with Crippen LogP contribution in [0.2, 0.25) is 5.02 Å². The van der Waals surface area contributed by atoms with E-state index in [4.69, 9.17) is 20.8 Å². The summed E-state index contributed by atoms with van der Waals surface area (Å²) in [5.74, 6) is -0.533. The molecule has 1 aromatic carbocycles. The number of nitrogens with zero attached hydrogens (tertiary/aromatic N) is 2. The Balaban J connectivity index is 2.45. The van der Waals surface area contributed by atoms with Gasteiger partial charge in [0.2, 0.25) is 0 Å². The lowest BCUT2D eigenvalue weighted by Crippen LogP contribution is -2.06. The van der Waals surface area contributed by atoms with Gasteiger partial charge in [0.1, 0.15) is 0 Å². The third-order valence-electron chi connectivity index (χ3n) is 2.44. The maximum Gasteiger partial charge on any atom is 0.360 e. The monoisotopic (exact) mass is 296 g/mol. The SMILES string of the molecule is CCOC(=O)c1ncoc1-c1ccc([N+](=O)[O-])cc1Cl. The Hall–Kier alpha value is -2.41. The highest BCUT2D eigenvalue weighted by Gasteiger charge is 2.22. The summed E-state index contributed by atoms with van der Waals surface area (Å²) >= 11 is 5.97. The predicted molar refractivity (Wildman–Crippen MR) is 69.6 cm³/mol. The Kier molecular flexibility index (Phi) is 3.99. The molecule has 0 aliphatic heterocycles. The summed E-state index contributed by atoms with van der Waals surface area (Å²) in [6, 6.07) is 3.83. The summed E-state index contributed by atoms with van der Waals surface area (Å²) in [5.41, 5.74) is 0.149. The Morgan fingerprint density at radius 3 is 2.90 bits per heavy atom. The van der Waals surface area contributed by atoms with E-state index < -0.39 is 10.9 Å². The normalized spacial score (nSPS) is 10.3. The molecule has 0 fully saturated rings. The van der Waals surface area contributed by atoms with Crippen molar-refractivity contribution in [3.8, 4) is 11.3 Å². The molecule has 0 N–H and O–H groups in total. The molecule has 0 aliphatic rings. The maximum absolute atomic E-state index is 11.7. The van der Waals surface area contributed by atoms with E-state index in [0.717, 1.165) is 6.39 Å². The van der Waals surface area contributed by atoms with Crippen molar-refractivity contribution in [1.29, 1.82) is 0 Å². The standard InChI is InChI=1S/C12H9ClN2O5/c1-2-19-12(16)10-11(20-6-14-10)8-4-3-7(15(17)18)5-9(8)13/h3-6H,2H2,1H3. The van der Waals surface area contributed by atoms with E-state index >= 15 is 0 Å². The predicted octanol–water partition coefficient (Wildman–Crippen LogP) is 3.08. The molecule has 2 rings (SSSR count). The van der Waals surface area contributed by atoms with Gasteiger partial charge in [0, 0.05) is 17.7 Å². The number of aromatic nitrogens is 1. The number of non-ortho nitro benzene ring substituents is 1. The fourth-order valence-electron chi connectivity index (χ4n) is 1.58. The third-order valence-corrected chi connectivity index (χ3v) is 2.76. The van der Waals surface area contributed by atoms with Crippen molar-refractivity contribution in [3.05, 3.63) is 45.4 Å². The first kappa shape index (κ1) is 14.0. The van der Waals surface area contributed by atoms with Crippen LogP contribution in [0.5, 0.6) is 0 Å². The second-order valence-electron chi connectivity index (χ2n) is 3.67. The summed E-state index contributed by atoms with van der Waals surface area (Å²) in [4.78, 5) is 25.5. The van der Waals surface area contributed by atoms with E-state index in [9.17, 15) is 14.9 Å². The highest BCUT2D eigenvalue weighted by atomic mass is 35.5. The minimum absolute atomic E-state index is 0.0254. The van der Waals surface area contributed by atoms with Crippen LogP contribution >= 0.6 is 11.6 Å². The first-order valence-electron chi connectivity index (χ1n) is 5.59. The molecular weight excluding hydrogens is 288 g/mol. The Labute approximate surface area is 118 Å². The number of benzene rings is 1. The van der Waals surface area contributed by atoms with Crippen LogP contribution in [0.3, 0.4) is 0 Å². The zero-order valence-corrected chi connectivity index (χ0v) is 11.1. The summed E-state index contributed by atoms with van der Waals surface area (Å²) in [5, 5.41) is 10.7. The van der Waals surface area contributed by atoms with Gasteiger partial charge in [0.25, 0.3) is 5.69 Å². The molecule has 0 aliphatic carbocycles. The van der Waals surface area contributed by atoms with E-state index in [1.165, 1.54) is 18.2 Å². The van der Waals surface area contributed by atoms with Gasteiger partial charge in [-0.1, -0.05) is 11.6 Å². The van der Waals surface area contributed by atoms with Crippen molar-refractivity contribution >= 4 is 23.3 Å². The van der Waals surface area contributed by atoms with Crippen molar-refractivity contribution in [2.45, 2.75) is 6.92 Å². The Morgan fingerprint density at radius 1 is 1.55 bits per heavy atom. The molecule has 0 atom stereocenters. The van der Waals surface area contributed by atoms with Crippen LogP contribution in [-0.2, 0) is 4.74 Å². The maximum atomic E-state index is 11.7. The van der Waals surface area contributed by atoms with Gasteiger partial charge in [0.15, 0.2) is 17.8 Å². The first-order valence-corrected chi connectivity index (χ1v) is 5.97. The van der Waals surface area contributed by atoms with Crippen LogP contribution in [-0.4, -0.2) is 22.5 Å². The van der Waals surface area contributed by atoms with E-state index in [1.807, 2.05) is 0 Å². The zero-order valence-electron chi connectivity index (χ0n) is 10.3. The number of nitro benzene ring substituents is 1. The van der Waals surface area contributed by atoms with Gasteiger partial charge in [0.05, 0.1) is 16.6 Å². The van der Waals surface area contributed by atoms with Crippen LogP contribution < -0.4 is 0 Å². The van der Waals surface area contributed by atoms with Crippen LogP contribution in [0, 0.1) is 10.1 Å². The van der Waals surface area contributed by atoms with Gasteiger partial charge in [-0.05, 0) is 13.0 Å². The number of esters is 1. The molecule has 0 saturated heterocycles. The highest BCUT2D eigenvalue weighted by Crippen LogP contribution is 2.33. The van der Waals surface area contributed by atoms with Crippen molar-refractivity contribution in [1.82, 2.24) is 4.98 Å². The number of rotatable bonds is 4. The molecule has 20 heavy (non-hydrogen) atoms. The van der Waals surface area contributed by atoms with Gasteiger partial charge in [-0.3, -0.25) is 10.1 Å². The van der Waals surface area contributed by atoms with Gasteiger partial charge < -0.3 is 9.15 Å². The van der Waals surface area contributed by atoms with E-state index in [2.05, 4.69) is 4.98 Å². The lowest BCUT2D eigenvalue weighted by atomic mass is 10.1. The summed E-state index contributed by atoms with van der Waals surface area (Å²) < 4.78 is 9.97. The second kappa shape index (κ2) is 5.70. The quantitative estimate of drug-likeness (QED) is 0.489. The molecule has 0 radical (unpaired) electrons. The molecule has 104 valence electrons. The number of carbonyl (C=O) groups excluding carboxylic acids is 1. The molecule has 1 aromatic heterocycles. The van der Waals surface area contributed by atoms with Crippen molar-refractivity contribution in [2.24, 2.45) is 0 Å². The largest absolute Gasteiger partial charge is 0.461 e. The number of ether oxygens (including phenoxy) is 1. The smallest absolute Gasteiger partial charge is 0.360 e. The number of halogens is 1. The lowest BCUT2D eigenvalue weighted by molar-refractivity contribution is -0.384. The van der Waals surface area contributed by atoms with Gasteiger partial charge in [-0.2, -0.15) is 0 Å². The lowest BCUT2D eigenvalue weighted by Gasteiger charge is -2.03. The highest BCUT2D eigenvalue weighted by molar-refractivity contribution is 6.33. The van der Waals surface area contributed by atoms with Gasteiger partial charge >= 0.3 is 5.97 Å². The molecule has 0 amide bonds. The van der Waals surface area contributed by atoms with E-state index in [1.54, 1.807) is 6.92 Å². The van der Waals surface area contributed by atoms with Crippen LogP contribution in [0.25, 0.3) is 11.3 Å². The van der Waals surface area contributed by atoms with Gasteiger partial charge in [-0.25, -0.2) is 9.78 Å². The first-order chi connectivity index (χ1) is 9.54. The average Bonchev–Trinajstić information content (AvgIpc) is 2.87. The average molecular weight is 297 g/mol. The molecule has 0 bridgehead atoms. The molecule has 2 aromatic rings. The van der Waals surface area contributed by atoms with Crippen LogP contribution in [0.15, 0.2) is 29.0 Å². The molecule has 7 nitrogen and oxygen atoms in total. The summed E-state index contributed by atoms with van der Waals surface area (Å²) in [6.07, 6.45) is 1.08. The number of hydrogen-bond acceptors (Lipinski definition) is 6. The number of carbonyl (C=O) groups is 1. The van der Waals surface area contributed by atoms with E-state index in [-0.39, 0.29) is 28.8 Å². The van der Waals surface area contributed by atoms with Crippen molar-refractivity contribution < 1.29 is 18.9 Å². The Bertz CT molecular complexity index is 668. The number of hydrogen-bond donors (Lipinski definition) is 0. The molecule has 0 spiro atoms. The minimum Gasteiger partial charge on any atom is -0.461 e. The third kappa shape index (κ3) is 2.62. The minimum atomic E-state index is -0.648. The Morgan fingerprint density at radius 2 is 2.30 bits per heavy atom. The zero-order chi connectivity index (χ0) is 14.7. The van der Waals surface area contributed by atoms with Gasteiger partial charge in [-0.15, -0.1) is 0 Å². The molecular formula is C12H9ClN2O5. The summed E-state index contributed by atoms with van der Waals surface area (Å²) in [7, 11) is 0. The molecule has 0 unspecified atom stereocenters.